The highest BCUT2D eigenvalue weighted by atomic mass is 79.9. The summed E-state index contributed by atoms with van der Waals surface area (Å²) in [4.78, 5) is 13.1. The Bertz CT molecular complexity index is 1370. The van der Waals surface area contributed by atoms with Crippen LogP contribution in [0.5, 0.6) is 0 Å². The second-order valence-electron chi connectivity index (χ2n) is 7.49. The van der Waals surface area contributed by atoms with Crippen LogP contribution in [0.25, 0.3) is 5.70 Å². The van der Waals surface area contributed by atoms with Gasteiger partial charge in [0.1, 0.15) is 23.2 Å². The second-order valence-corrected chi connectivity index (χ2v) is 8.84. The van der Waals surface area contributed by atoms with E-state index in [9.17, 15) is 9.18 Å². The molecule has 0 aliphatic carbocycles. The number of hydrogen-bond donors (Lipinski definition) is 2. The zero-order valence-corrected chi connectivity index (χ0v) is 19.4. The molecule has 0 saturated heterocycles. The lowest BCUT2D eigenvalue weighted by molar-refractivity contribution is 0.102. The van der Waals surface area contributed by atoms with Crippen LogP contribution in [0.15, 0.2) is 89.5 Å². The number of halogens is 3. The molecule has 4 aromatic rings. The maximum absolute atomic E-state index is 14.7. The lowest BCUT2D eigenvalue weighted by atomic mass is 10.0. The smallest absolute Gasteiger partial charge is 0.261 e. The van der Waals surface area contributed by atoms with E-state index >= 15 is 0 Å². The van der Waals surface area contributed by atoms with E-state index < -0.39 is 6.04 Å². The van der Waals surface area contributed by atoms with E-state index in [2.05, 4.69) is 31.7 Å². The molecule has 0 fully saturated rings. The predicted octanol–water partition coefficient (Wildman–Crippen LogP) is 6.75. The summed E-state index contributed by atoms with van der Waals surface area (Å²) in [6.45, 7) is 0. The Morgan fingerprint density at radius 3 is 2.52 bits per heavy atom. The van der Waals surface area contributed by atoms with Crippen molar-refractivity contribution < 1.29 is 9.18 Å². The summed E-state index contributed by atoms with van der Waals surface area (Å²) in [5.41, 5.74) is 3.06. The van der Waals surface area contributed by atoms with Gasteiger partial charge >= 0.3 is 0 Å². The van der Waals surface area contributed by atoms with Crippen molar-refractivity contribution in [3.63, 3.8) is 0 Å². The fourth-order valence-corrected chi connectivity index (χ4v) is 4.12. The maximum Gasteiger partial charge on any atom is 0.261 e. The van der Waals surface area contributed by atoms with Gasteiger partial charge in [-0.1, -0.05) is 57.9 Å². The summed E-state index contributed by atoms with van der Waals surface area (Å²) in [6, 6.07) is 20.6. The fraction of sp³-hybridized carbons (Fsp3) is 0.0400. The predicted molar refractivity (Wildman–Crippen MR) is 132 cm³/mol. The summed E-state index contributed by atoms with van der Waals surface area (Å²) in [7, 11) is 0. The Hall–Kier alpha value is -3.42. The Labute approximate surface area is 203 Å². The molecule has 0 unspecified atom stereocenters. The zero-order valence-electron chi connectivity index (χ0n) is 17.1. The number of anilines is 2. The number of carbonyl (C=O) groups is 1. The highest BCUT2D eigenvalue weighted by Crippen LogP contribution is 2.36. The molecule has 1 amide bonds. The molecule has 2 heterocycles. The minimum absolute atomic E-state index is 0.338. The van der Waals surface area contributed by atoms with Crippen molar-refractivity contribution in [2.45, 2.75) is 6.04 Å². The highest BCUT2D eigenvalue weighted by molar-refractivity contribution is 9.10. The van der Waals surface area contributed by atoms with Crippen LogP contribution in [0.2, 0.25) is 5.02 Å². The summed E-state index contributed by atoms with van der Waals surface area (Å²) in [5, 5.41) is 11.2. The number of amides is 1. The molecule has 5 nitrogen and oxygen atoms in total. The third-order valence-electron chi connectivity index (χ3n) is 5.36. The van der Waals surface area contributed by atoms with Crippen LogP contribution in [0, 0.1) is 5.82 Å². The first-order valence-electron chi connectivity index (χ1n) is 10.1. The van der Waals surface area contributed by atoms with Crippen LogP contribution in [0.4, 0.5) is 15.9 Å². The van der Waals surface area contributed by atoms with E-state index in [0.29, 0.717) is 27.7 Å². The van der Waals surface area contributed by atoms with Crippen molar-refractivity contribution in [1.82, 2.24) is 9.78 Å². The number of aromatic nitrogens is 2. The van der Waals surface area contributed by atoms with Gasteiger partial charge in [0.25, 0.3) is 5.91 Å². The third kappa shape index (κ3) is 4.29. The lowest BCUT2D eigenvalue weighted by Gasteiger charge is -2.26. The summed E-state index contributed by atoms with van der Waals surface area (Å²) in [6.07, 6.45) is 3.39. The van der Waals surface area contributed by atoms with Gasteiger partial charge in [0.15, 0.2) is 0 Å². The van der Waals surface area contributed by atoms with Crippen LogP contribution in [0.1, 0.15) is 27.5 Å². The quantitative estimate of drug-likeness (QED) is 0.311. The number of fused-ring (bicyclic) bond motifs is 1. The van der Waals surface area contributed by atoms with Crippen molar-refractivity contribution in [1.29, 1.82) is 0 Å². The molecular formula is C25H17BrClFN4O. The Morgan fingerprint density at radius 1 is 1.06 bits per heavy atom. The molecule has 0 radical (unpaired) electrons. The van der Waals surface area contributed by atoms with Crippen LogP contribution in [-0.4, -0.2) is 15.7 Å². The SMILES string of the molecule is O=C(Nc1ccc(Cl)cc1)c1cnn2c1NC(c1ccc(Br)cc1)=C[C@@H]2c1ccccc1F. The molecule has 164 valence electrons. The average Bonchev–Trinajstić information content (AvgIpc) is 3.25. The molecule has 5 rings (SSSR count). The number of rotatable bonds is 4. The monoisotopic (exact) mass is 522 g/mol. The largest absolute Gasteiger partial charge is 0.339 e. The zero-order chi connectivity index (χ0) is 22.9. The van der Waals surface area contributed by atoms with Gasteiger partial charge in [0, 0.05) is 26.4 Å². The number of carbonyl (C=O) groups excluding carboxylic acids is 1. The standard InChI is InChI=1S/C25H17BrClFN4O/c26-16-7-5-15(6-8-16)22-13-23(19-3-1-2-4-21(19)28)32-24(31-22)20(14-29-32)25(33)30-18-11-9-17(27)10-12-18/h1-14,23,31H,(H,30,33)/t23-/m1/s1. The van der Waals surface area contributed by atoms with E-state index in [4.69, 9.17) is 11.6 Å². The van der Waals surface area contributed by atoms with Gasteiger partial charge in [-0.2, -0.15) is 5.10 Å². The van der Waals surface area contributed by atoms with Gasteiger partial charge in [-0.3, -0.25) is 4.79 Å². The Balaban J connectivity index is 1.56. The molecule has 0 bridgehead atoms. The lowest BCUT2D eigenvalue weighted by Crippen LogP contribution is -2.22. The molecule has 0 saturated carbocycles. The first-order chi connectivity index (χ1) is 16.0. The molecular weight excluding hydrogens is 507 g/mol. The first kappa shape index (κ1) is 21.4. The van der Waals surface area contributed by atoms with Crippen molar-refractivity contribution in [2.24, 2.45) is 0 Å². The summed E-state index contributed by atoms with van der Waals surface area (Å²) < 4.78 is 17.3. The minimum atomic E-state index is -0.529. The number of allylic oxidation sites excluding steroid dienone is 1. The van der Waals surface area contributed by atoms with Gasteiger partial charge < -0.3 is 10.6 Å². The van der Waals surface area contributed by atoms with Crippen molar-refractivity contribution >= 4 is 50.6 Å². The van der Waals surface area contributed by atoms with E-state index in [-0.39, 0.29) is 11.7 Å². The van der Waals surface area contributed by atoms with E-state index in [0.717, 1.165) is 15.7 Å². The third-order valence-corrected chi connectivity index (χ3v) is 6.14. The number of nitrogens with zero attached hydrogens (tertiary/aromatic N) is 2. The van der Waals surface area contributed by atoms with Gasteiger partial charge in [0.2, 0.25) is 0 Å². The Kier molecular flexibility index (Phi) is 5.74. The topological polar surface area (TPSA) is 59.0 Å². The number of hydrogen-bond acceptors (Lipinski definition) is 3. The molecule has 1 atom stereocenters. The highest BCUT2D eigenvalue weighted by Gasteiger charge is 2.29. The fourth-order valence-electron chi connectivity index (χ4n) is 3.73. The first-order valence-corrected chi connectivity index (χ1v) is 11.3. The molecule has 2 N–H and O–H groups in total. The number of nitrogens with one attached hydrogen (secondary N) is 2. The molecule has 33 heavy (non-hydrogen) atoms. The summed E-state index contributed by atoms with van der Waals surface area (Å²) in [5.74, 6) is -0.199. The van der Waals surface area contributed by atoms with E-state index in [1.54, 1.807) is 47.1 Å². The van der Waals surface area contributed by atoms with E-state index in [1.807, 2.05) is 30.3 Å². The van der Waals surface area contributed by atoms with Gasteiger partial charge in [-0.25, -0.2) is 9.07 Å². The van der Waals surface area contributed by atoms with Gasteiger partial charge in [0.05, 0.1) is 6.20 Å². The molecule has 3 aromatic carbocycles. The van der Waals surface area contributed by atoms with Crippen LogP contribution in [-0.2, 0) is 0 Å². The molecule has 0 spiro atoms. The van der Waals surface area contributed by atoms with Crippen LogP contribution >= 0.6 is 27.5 Å². The molecule has 1 aliphatic rings. The van der Waals surface area contributed by atoms with E-state index in [1.165, 1.54) is 12.3 Å². The maximum atomic E-state index is 14.7. The van der Waals surface area contributed by atoms with Crippen LogP contribution in [0.3, 0.4) is 0 Å². The average molecular weight is 524 g/mol. The molecule has 1 aliphatic heterocycles. The van der Waals surface area contributed by atoms with Crippen LogP contribution < -0.4 is 10.6 Å². The van der Waals surface area contributed by atoms with Gasteiger partial charge in [-0.15, -0.1) is 0 Å². The second kappa shape index (κ2) is 8.84. The molecule has 8 heteroatoms. The summed E-state index contributed by atoms with van der Waals surface area (Å²) >= 11 is 9.39. The minimum Gasteiger partial charge on any atom is -0.339 e. The number of benzene rings is 3. The van der Waals surface area contributed by atoms with Crippen molar-refractivity contribution in [2.75, 3.05) is 10.6 Å². The van der Waals surface area contributed by atoms with Crippen molar-refractivity contribution in [3.05, 3.63) is 117 Å². The molecule has 1 aromatic heterocycles. The normalized spacial score (nSPS) is 14.8. The van der Waals surface area contributed by atoms with Gasteiger partial charge in [-0.05, 0) is 54.1 Å². The Morgan fingerprint density at radius 2 is 1.79 bits per heavy atom. The van der Waals surface area contributed by atoms with Crippen molar-refractivity contribution in [3.8, 4) is 0 Å².